The van der Waals surface area contributed by atoms with Gasteiger partial charge in [-0.05, 0) is 61.6 Å². The number of hydrogen-bond acceptors (Lipinski definition) is 4. The molecule has 1 amide bonds. The van der Waals surface area contributed by atoms with E-state index in [0.717, 1.165) is 16.1 Å². The number of amides is 1. The van der Waals surface area contributed by atoms with Crippen LogP contribution in [0.2, 0.25) is 0 Å². The molecule has 0 radical (unpaired) electrons. The predicted molar refractivity (Wildman–Crippen MR) is 103 cm³/mol. The molecule has 1 aliphatic heterocycles. The van der Waals surface area contributed by atoms with Gasteiger partial charge in [-0.2, -0.15) is 0 Å². The van der Waals surface area contributed by atoms with Gasteiger partial charge in [0.15, 0.2) is 0 Å². The summed E-state index contributed by atoms with van der Waals surface area (Å²) in [6.45, 7) is 1.87. The molecule has 0 aliphatic carbocycles. The molecule has 0 aromatic heterocycles. The molecule has 5 nitrogen and oxygen atoms in total. The first-order chi connectivity index (χ1) is 11.8. The van der Waals surface area contributed by atoms with Gasteiger partial charge in [0, 0.05) is 22.2 Å². The first kappa shape index (κ1) is 17.8. The van der Waals surface area contributed by atoms with Gasteiger partial charge < -0.3 is 5.32 Å². The summed E-state index contributed by atoms with van der Waals surface area (Å²) in [5.74, 6) is -0.202. The highest BCUT2D eigenvalue weighted by Crippen LogP contribution is 2.34. The van der Waals surface area contributed by atoms with Gasteiger partial charge in [-0.1, -0.05) is 6.07 Å². The molecule has 2 aromatic carbocycles. The van der Waals surface area contributed by atoms with Crippen LogP contribution in [0.5, 0.6) is 0 Å². The molecule has 25 heavy (non-hydrogen) atoms. The third-order valence-electron chi connectivity index (χ3n) is 4.18. The van der Waals surface area contributed by atoms with Crippen molar-refractivity contribution in [3.8, 4) is 0 Å². The van der Waals surface area contributed by atoms with E-state index in [-0.39, 0.29) is 11.9 Å². The van der Waals surface area contributed by atoms with Crippen molar-refractivity contribution < 1.29 is 13.2 Å². The molecule has 132 valence electrons. The summed E-state index contributed by atoms with van der Waals surface area (Å²) in [6.07, 6.45) is 3.79. The molecule has 1 atom stereocenters. The number of fused-ring (bicyclic) bond motifs is 1. The van der Waals surface area contributed by atoms with Gasteiger partial charge in [0.1, 0.15) is 0 Å². The third-order valence-corrected chi connectivity index (χ3v) is 6.18. The molecule has 1 N–H and O–H groups in total. The van der Waals surface area contributed by atoms with E-state index in [1.165, 1.54) is 10.6 Å². The fraction of sp³-hybridized carbons (Fsp3) is 0.278. The van der Waals surface area contributed by atoms with E-state index >= 15 is 0 Å². The standard InChI is InChI=1S/C18H20N2O3S2/c1-12-9-14-10-13(7-8-17(14)20(12)25(3,22)23)18(21)19-15-5-4-6-16(11-15)24-2/h4-8,10-12H,9H2,1-3H3,(H,19,21)/t12-/m0/s1. The highest BCUT2D eigenvalue weighted by molar-refractivity contribution is 7.98. The number of nitrogens with one attached hydrogen (secondary N) is 1. The molecule has 3 rings (SSSR count). The lowest BCUT2D eigenvalue weighted by atomic mass is 10.1. The normalized spacial score (nSPS) is 16.6. The second kappa shape index (κ2) is 6.72. The van der Waals surface area contributed by atoms with Crippen molar-refractivity contribution >= 4 is 39.1 Å². The summed E-state index contributed by atoms with van der Waals surface area (Å²) in [6, 6.07) is 12.7. The Hall–Kier alpha value is -1.99. The number of nitrogens with zero attached hydrogens (tertiary/aromatic N) is 1. The van der Waals surface area contributed by atoms with Crippen LogP contribution in [-0.4, -0.2) is 32.9 Å². The number of sulfonamides is 1. The van der Waals surface area contributed by atoms with Crippen molar-refractivity contribution in [1.29, 1.82) is 0 Å². The summed E-state index contributed by atoms with van der Waals surface area (Å²) in [5.41, 5.74) is 2.80. The maximum absolute atomic E-state index is 12.5. The van der Waals surface area contributed by atoms with Gasteiger partial charge in [-0.15, -0.1) is 11.8 Å². The number of carbonyl (C=O) groups excluding carboxylic acids is 1. The van der Waals surface area contributed by atoms with E-state index in [1.54, 1.807) is 30.0 Å². The highest BCUT2D eigenvalue weighted by Gasteiger charge is 2.32. The molecule has 0 saturated carbocycles. The summed E-state index contributed by atoms with van der Waals surface area (Å²) >= 11 is 1.61. The number of hydrogen-bond donors (Lipinski definition) is 1. The summed E-state index contributed by atoms with van der Waals surface area (Å²) in [7, 11) is -3.32. The van der Waals surface area contributed by atoms with E-state index in [0.29, 0.717) is 17.7 Å². The van der Waals surface area contributed by atoms with Gasteiger partial charge in [0.05, 0.1) is 11.9 Å². The van der Waals surface area contributed by atoms with Gasteiger partial charge in [-0.25, -0.2) is 8.42 Å². The highest BCUT2D eigenvalue weighted by atomic mass is 32.2. The van der Waals surface area contributed by atoms with E-state index < -0.39 is 10.0 Å². The minimum Gasteiger partial charge on any atom is -0.322 e. The van der Waals surface area contributed by atoms with Crippen LogP contribution in [0.1, 0.15) is 22.8 Å². The maximum Gasteiger partial charge on any atom is 0.255 e. The second-order valence-electron chi connectivity index (χ2n) is 6.14. The number of rotatable bonds is 4. The Morgan fingerprint density at radius 2 is 2.00 bits per heavy atom. The second-order valence-corrected chi connectivity index (χ2v) is 8.88. The zero-order valence-corrected chi connectivity index (χ0v) is 15.9. The largest absolute Gasteiger partial charge is 0.322 e. The van der Waals surface area contributed by atoms with Gasteiger partial charge in [0.25, 0.3) is 5.91 Å². The predicted octanol–water partition coefficient (Wildman–Crippen LogP) is 3.37. The topological polar surface area (TPSA) is 66.5 Å². The average Bonchev–Trinajstić information content (AvgIpc) is 2.89. The number of carbonyl (C=O) groups is 1. The fourth-order valence-electron chi connectivity index (χ4n) is 3.15. The quantitative estimate of drug-likeness (QED) is 0.831. The molecule has 0 unspecified atom stereocenters. The third kappa shape index (κ3) is 3.67. The molecular formula is C18H20N2O3S2. The number of thioether (sulfide) groups is 1. The van der Waals surface area contributed by atoms with Crippen molar-refractivity contribution in [2.75, 3.05) is 22.1 Å². The number of benzene rings is 2. The molecule has 0 fully saturated rings. The molecule has 2 aromatic rings. The minimum atomic E-state index is -3.32. The van der Waals surface area contributed by atoms with Crippen LogP contribution in [0.25, 0.3) is 0 Å². The van der Waals surface area contributed by atoms with E-state index in [2.05, 4.69) is 5.32 Å². The Balaban J connectivity index is 1.85. The van der Waals surface area contributed by atoms with Crippen LogP contribution in [0.3, 0.4) is 0 Å². The molecule has 1 aliphatic rings. The molecule has 7 heteroatoms. The van der Waals surface area contributed by atoms with Crippen molar-refractivity contribution in [2.45, 2.75) is 24.3 Å². The lowest BCUT2D eigenvalue weighted by Gasteiger charge is -2.21. The first-order valence-electron chi connectivity index (χ1n) is 7.87. The van der Waals surface area contributed by atoms with E-state index in [1.807, 2.05) is 37.4 Å². The molecule has 1 heterocycles. The zero-order chi connectivity index (χ0) is 18.2. The van der Waals surface area contributed by atoms with Gasteiger partial charge in [0.2, 0.25) is 10.0 Å². The summed E-state index contributed by atoms with van der Waals surface area (Å²) in [4.78, 5) is 13.6. The molecule has 0 bridgehead atoms. The Labute approximate surface area is 152 Å². The maximum atomic E-state index is 12.5. The van der Waals surface area contributed by atoms with E-state index in [9.17, 15) is 13.2 Å². The van der Waals surface area contributed by atoms with E-state index in [4.69, 9.17) is 0 Å². The van der Waals surface area contributed by atoms with Crippen LogP contribution >= 0.6 is 11.8 Å². The molecule has 0 saturated heterocycles. The summed E-state index contributed by atoms with van der Waals surface area (Å²) < 4.78 is 25.4. The van der Waals surface area contributed by atoms with Gasteiger partial charge in [-0.3, -0.25) is 9.10 Å². The van der Waals surface area contributed by atoms with Crippen LogP contribution < -0.4 is 9.62 Å². The van der Waals surface area contributed by atoms with Crippen molar-refractivity contribution in [1.82, 2.24) is 0 Å². The minimum absolute atomic E-state index is 0.137. The molecular weight excluding hydrogens is 356 g/mol. The smallest absolute Gasteiger partial charge is 0.255 e. The zero-order valence-electron chi connectivity index (χ0n) is 14.3. The lowest BCUT2D eigenvalue weighted by Crippen LogP contribution is -2.34. The first-order valence-corrected chi connectivity index (χ1v) is 10.9. The van der Waals surface area contributed by atoms with Crippen molar-refractivity contribution in [2.24, 2.45) is 0 Å². The number of anilines is 2. The Morgan fingerprint density at radius 3 is 2.68 bits per heavy atom. The monoisotopic (exact) mass is 376 g/mol. The van der Waals surface area contributed by atoms with Crippen LogP contribution in [0.15, 0.2) is 47.4 Å². The van der Waals surface area contributed by atoms with Crippen LogP contribution in [0.4, 0.5) is 11.4 Å². The Bertz CT molecular complexity index is 926. The van der Waals surface area contributed by atoms with Gasteiger partial charge >= 0.3 is 0 Å². The average molecular weight is 377 g/mol. The van der Waals surface area contributed by atoms with Crippen molar-refractivity contribution in [3.05, 3.63) is 53.6 Å². The lowest BCUT2D eigenvalue weighted by molar-refractivity contribution is 0.102. The Kier molecular flexibility index (Phi) is 4.79. The fourth-order valence-corrected chi connectivity index (χ4v) is 4.88. The Morgan fingerprint density at radius 1 is 1.24 bits per heavy atom. The van der Waals surface area contributed by atoms with Crippen molar-refractivity contribution in [3.63, 3.8) is 0 Å². The summed E-state index contributed by atoms with van der Waals surface area (Å²) in [5, 5.41) is 2.89. The SMILES string of the molecule is CSc1cccc(NC(=O)c2ccc3c(c2)C[C@H](C)N3S(C)(=O)=O)c1. The molecule has 0 spiro atoms. The van der Waals surface area contributed by atoms with Crippen LogP contribution in [-0.2, 0) is 16.4 Å². The van der Waals surface area contributed by atoms with Crippen LogP contribution in [0, 0.1) is 0 Å².